The van der Waals surface area contributed by atoms with E-state index in [2.05, 4.69) is 5.32 Å². The molecule has 0 radical (unpaired) electrons. The third-order valence-electron chi connectivity index (χ3n) is 3.49. The Balaban J connectivity index is 2.55. The van der Waals surface area contributed by atoms with Gasteiger partial charge in [-0.1, -0.05) is 60.7 Å². The molecule has 0 spiro atoms. The van der Waals surface area contributed by atoms with E-state index >= 15 is 0 Å². The lowest BCUT2D eigenvalue weighted by atomic mass is 9.81. The summed E-state index contributed by atoms with van der Waals surface area (Å²) in [7, 11) is 1.86. The summed E-state index contributed by atoms with van der Waals surface area (Å²) in [6.45, 7) is 1.99. The van der Waals surface area contributed by atoms with Crippen LogP contribution in [0, 0.1) is 0 Å². The molecule has 1 unspecified atom stereocenters. The van der Waals surface area contributed by atoms with Crippen molar-refractivity contribution in [2.45, 2.75) is 18.6 Å². The minimum Gasteiger partial charge on any atom is -0.379 e. The zero-order valence-corrected chi connectivity index (χ0v) is 10.8. The van der Waals surface area contributed by atoms with Gasteiger partial charge in [-0.2, -0.15) is 0 Å². The van der Waals surface area contributed by atoms with Gasteiger partial charge in [0.05, 0.1) is 0 Å². The first-order valence-corrected chi connectivity index (χ1v) is 6.20. The smallest absolute Gasteiger partial charge is 0.130 e. The van der Waals surface area contributed by atoms with Crippen LogP contribution in [-0.2, 0) is 5.60 Å². The average Bonchev–Trinajstić information content (AvgIpc) is 2.47. The molecule has 0 aliphatic rings. The van der Waals surface area contributed by atoms with Crippen LogP contribution >= 0.6 is 0 Å². The lowest BCUT2D eigenvalue weighted by Crippen LogP contribution is -2.46. The SMILES string of the molecule is CNC(C)C(O)(c1ccccc1)c1ccccc1. The van der Waals surface area contributed by atoms with Crippen molar-refractivity contribution >= 4 is 0 Å². The number of rotatable bonds is 4. The molecule has 2 heteroatoms. The molecule has 0 saturated carbocycles. The molecule has 0 bridgehead atoms. The Morgan fingerprint density at radius 2 is 1.28 bits per heavy atom. The van der Waals surface area contributed by atoms with Crippen molar-refractivity contribution in [3.8, 4) is 0 Å². The van der Waals surface area contributed by atoms with E-state index < -0.39 is 5.60 Å². The van der Waals surface area contributed by atoms with Crippen LogP contribution in [0.15, 0.2) is 60.7 Å². The summed E-state index contributed by atoms with van der Waals surface area (Å²) in [5, 5.41) is 14.3. The number of nitrogens with one attached hydrogen (secondary N) is 1. The Morgan fingerprint density at radius 3 is 1.61 bits per heavy atom. The number of aliphatic hydroxyl groups is 1. The molecule has 2 N–H and O–H groups in total. The highest BCUT2D eigenvalue weighted by Crippen LogP contribution is 2.32. The van der Waals surface area contributed by atoms with Crippen molar-refractivity contribution < 1.29 is 5.11 Å². The third-order valence-corrected chi connectivity index (χ3v) is 3.49. The summed E-state index contributed by atoms with van der Waals surface area (Å²) in [5.41, 5.74) is 0.785. The van der Waals surface area contributed by atoms with Gasteiger partial charge < -0.3 is 10.4 Å². The van der Waals surface area contributed by atoms with Crippen LogP contribution in [0.2, 0.25) is 0 Å². The van der Waals surface area contributed by atoms with Gasteiger partial charge in [-0.25, -0.2) is 0 Å². The molecule has 0 amide bonds. The normalized spacial score (nSPS) is 13.3. The molecule has 0 saturated heterocycles. The maximum atomic E-state index is 11.2. The van der Waals surface area contributed by atoms with Gasteiger partial charge in [-0.3, -0.25) is 0 Å². The van der Waals surface area contributed by atoms with E-state index in [9.17, 15) is 5.11 Å². The topological polar surface area (TPSA) is 32.3 Å². The van der Waals surface area contributed by atoms with Crippen LogP contribution in [0.4, 0.5) is 0 Å². The Kier molecular flexibility index (Phi) is 3.80. The Bertz CT molecular complexity index is 441. The zero-order chi connectivity index (χ0) is 13.0. The van der Waals surface area contributed by atoms with E-state index in [4.69, 9.17) is 0 Å². The summed E-state index contributed by atoms with van der Waals surface area (Å²) in [5.74, 6) is 0. The minimum atomic E-state index is -1.02. The molecule has 1 atom stereocenters. The molecular formula is C16H19NO. The minimum absolute atomic E-state index is 0.0812. The van der Waals surface area contributed by atoms with Crippen molar-refractivity contribution in [3.63, 3.8) is 0 Å². The monoisotopic (exact) mass is 241 g/mol. The molecule has 0 heterocycles. The van der Waals surface area contributed by atoms with E-state index in [0.717, 1.165) is 11.1 Å². The molecular weight excluding hydrogens is 222 g/mol. The van der Waals surface area contributed by atoms with Crippen LogP contribution in [0.25, 0.3) is 0 Å². The summed E-state index contributed by atoms with van der Waals surface area (Å²) < 4.78 is 0. The number of hydrogen-bond donors (Lipinski definition) is 2. The molecule has 2 nitrogen and oxygen atoms in total. The first-order chi connectivity index (χ1) is 8.69. The molecule has 0 aliphatic carbocycles. The number of hydrogen-bond acceptors (Lipinski definition) is 2. The molecule has 0 aliphatic heterocycles. The predicted molar refractivity (Wildman–Crippen MR) is 74.4 cm³/mol. The van der Waals surface area contributed by atoms with Gasteiger partial charge in [0.2, 0.25) is 0 Å². The van der Waals surface area contributed by atoms with Crippen molar-refractivity contribution in [3.05, 3.63) is 71.8 Å². The van der Waals surface area contributed by atoms with Gasteiger partial charge >= 0.3 is 0 Å². The predicted octanol–water partition coefficient (Wildman–Crippen LogP) is 2.53. The lowest BCUT2D eigenvalue weighted by Gasteiger charge is -2.35. The van der Waals surface area contributed by atoms with Gasteiger partial charge in [-0.05, 0) is 25.1 Å². The maximum absolute atomic E-state index is 11.2. The van der Waals surface area contributed by atoms with Crippen molar-refractivity contribution in [2.75, 3.05) is 7.05 Å². The van der Waals surface area contributed by atoms with Gasteiger partial charge in [-0.15, -0.1) is 0 Å². The van der Waals surface area contributed by atoms with Crippen LogP contribution in [0.3, 0.4) is 0 Å². The number of likely N-dealkylation sites (N-methyl/N-ethyl adjacent to an activating group) is 1. The largest absolute Gasteiger partial charge is 0.379 e. The number of benzene rings is 2. The summed E-state index contributed by atoms with van der Waals surface area (Å²) in [4.78, 5) is 0. The first-order valence-electron chi connectivity index (χ1n) is 6.20. The highest BCUT2D eigenvalue weighted by atomic mass is 16.3. The zero-order valence-electron chi connectivity index (χ0n) is 10.8. The third kappa shape index (κ3) is 2.17. The van der Waals surface area contributed by atoms with Crippen molar-refractivity contribution in [1.29, 1.82) is 0 Å². The van der Waals surface area contributed by atoms with Gasteiger partial charge in [0.1, 0.15) is 5.60 Å². The van der Waals surface area contributed by atoms with E-state index in [1.165, 1.54) is 0 Å². The van der Waals surface area contributed by atoms with E-state index in [1.54, 1.807) is 0 Å². The molecule has 18 heavy (non-hydrogen) atoms. The quantitative estimate of drug-likeness (QED) is 0.862. The fraction of sp³-hybridized carbons (Fsp3) is 0.250. The van der Waals surface area contributed by atoms with E-state index in [1.807, 2.05) is 74.6 Å². The highest BCUT2D eigenvalue weighted by molar-refractivity contribution is 5.37. The fourth-order valence-electron chi connectivity index (χ4n) is 2.26. The van der Waals surface area contributed by atoms with Crippen LogP contribution in [-0.4, -0.2) is 18.2 Å². The Labute approximate surface area is 108 Å². The van der Waals surface area contributed by atoms with Crippen molar-refractivity contribution in [2.24, 2.45) is 0 Å². The van der Waals surface area contributed by atoms with E-state index in [-0.39, 0.29) is 6.04 Å². The van der Waals surface area contributed by atoms with Gasteiger partial charge in [0.25, 0.3) is 0 Å². The van der Waals surface area contributed by atoms with Gasteiger partial charge in [0, 0.05) is 6.04 Å². The second-order valence-electron chi connectivity index (χ2n) is 4.51. The summed E-state index contributed by atoms with van der Waals surface area (Å²) >= 11 is 0. The molecule has 0 fully saturated rings. The Hall–Kier alpha value is -1.64. The second-order valence-corrected chi connectivity index (χ2v) is 4.51. The molecule has 2 rings (SSSR count). The van der Waals surface area contributed by atoms with Crippen LogP contribution < -0.4 is 5.32 Å². The molecule has 94 valence electrons. The standard InChI is InChI=1S/C16H19NO/c1-13(17-2)16(18,14-9-5-3-6-10-14)15-11-7-4-8-12-15/h3-13,17-18H,1-2H3. The second kappa shape index (κ2) is 5.34. The van der Waals surface area contributed by atoms with Gasteiger partial charge in [0.15, 0.2) is 0 Å². The Morgan fingerprint density at radius 1 is 0.889 bits per heavy atom. The van der Waals surface area contributed by atoms with Crippen LogP contribution in [0.5, 0.6) is 0 Å². The average molecular weight is 241 g/mol. The molecule has 2 aromatic carbocycles. The summed E-state index contributed by atoms with van der Waals surface area (Å²) in [6, 6.07) is 19.5. The fourth-order valence-corrected chi connectivity index (χ4v) is 2.26. The lowest BCUT2D eigenvalue weighted by molar-refractivity contribution is 0.0467. The summed E-state index contributed by atoms with van der Waals surface area (Å²) in [6.07, 6.45) is 0. The van der Waals surface area contributed by atoms with E-state index in [0.29, 0.717) is 0 Å². The molecule has 0 aromatic heterocycles. The van der Waals surface area contributed by atoms with Crippen molar-refractivity contribution in [1.82, 2.24) is 5.32 Å². The van der Waals surface area contributed by atoms with Crippen LogP contribution in [0.1, 0.15) is 18.1 Å². The highest BCUT2D eigenvalue weighted by Gasteiger charge is 2.36. The maximum Gasteiger partial charge on any atom is 0.130 e. The molecule has 2 aromatic rings. The first kappa shape index (κ1) is 12.8.